The van der Waals surface area contributed by atoms with Gasteiger partial charge in [0.2, 0.25) is 0 Å². The van der Waals surface area contributed by atoms with Crippen molar-refractivity contribution < 1.29 is 13.9 Å². The molecular formula is C13H19ClFNO2. The normalized spacial score (nSPS) is 12.4. The number of methoxy groups -OCH3 is 1. The number of benzene rings is 1. The lowest BCUT2D eigenvalue weighted by atomic mass is 10.3. The second kappa shape index (κ2) is 8.29. The average molecular weight is 276 g/mol. The van der Waals surface area contributed by atoms with Gasteiger partial charge in [0.15, 0.2) is 0 Å². The Balaban J connectivity index is 2.26. The molecule has 0 aliphatic carbocycles. The minimum absolute atomic E-state index is 0.00549. The highest BCUT2D eigenvalue weighted by molar-refractivity contribution is 6.30. The fraction of sp³-hybridized carbons (Fsp3) is 0.538. The summed E-state index contributed by atoms with van der Waals surface area (Å²) in [5, 5.41) is 3.33. The number of nitrogens with one attached hydrogen (secondary N) is 1. The number of ether oxygens (including phenoxy) is 2. The van der Waals surface area contributed by atoms with Crippen LogP contribution >= 0.6 is 11.6 Å². The lowest BCUT2D eigenvalue weighted by molar-refractivity contribution is 0.188. The maximum absolute atomic E-state index is 12.9. The van der Waals surface area contributed by atoms with Crippen LogP contribution in [0.5, 0.6) is 5.75 Å². The summed E-state index contributed by atoms with van der Waals surface area (Å²) >= 11 is 5.67. The number of halogens is 2. The standard InChI is InChI=1S/C13H19ClFNO2/c1-10(9-16-6-3-7-17-2)18-11-4-5-13(15)12(14)8-11/h4-5,8,10,16H,3,6-7,9H2,1-2H3. The molecule has 0 bridgehead atoms. The first-order chi connectivity index (χ1) is 8.63. The minimum Gasteiger partial charge on any atom is -0.489 e. The number of hydrogen-bond acceptors (Lipinski definition) is 3. The third kappa shape index (κ3) is 5.67. The Morgan fingerprint density at radius 2 is 2.22 bits per heavy atom. The van der Waals surface area contributed by atoms with Gasteiger partial charge in [0.25, 0.3) is 0 Å². The molecule has 0 saturated heterocycles. The van der Waals surface area contributed by atoms with E-state index in [0.29, 0.717) is 5.75 Å². The van der Waals surface area contributed by atoms with Gasteiger partial charge in [-0.3, -0.25) is 0 Å². The van der Waals surface area contributed by atoms with Gasteiger partial charge in [0.05, 0.1) is 5.02 Å². The Kier molecular flexibility index (Phi) is 7.01. The SMILES string of the molecule is COCCCNCC(C)Oc1ccc(F)c(Cl)c1. The van der Waals surface area contributed by atoms with Crippen molar-refractivity contribution >= 4 is 11.6 Å². The van der Waals surface area contributed by atoms with Gasteiger partial charge >= 0.3 is 0 Å². The molecule has 3 nitrogen and oxygen atoms in total. The third-order valence-corrected chi connectivity index (χ3v) is 2.65. The summed E-state index contributed by atoms with van der Waals surface area (Å²) in [6.07, 6.45) is 0.958. The van der Waals surface area contributed by atoms with Gasteiger partial charge in [-0.15, -0.1) is 0 Å². The first kappa shape index (κ1) is 15.2. The summed E-state index contributed by atoms with van der Waals surface area (Å²) in [6.45, 7) is 4.29. The van der Waals surface area contributed by atoms with Crippen molar-refractivity contribution in [2.24, 2.45) is 0 Å². The molecule has 102 valence electrons. The summed E-state index contributed by atoms with van der Waals surface area (Å²) < 4.78 is 23.5. The first-order valence-corrected chi connectivity index (χ1v) is 6.32. The smallest absolute Gasteiger partial charge is 0.142 e. The summed E-state index contributed by atoms with van der Waals surface area (Å²) in [4.78, 5) is 0. The molecule has 1 aromatic carbocycles. The highest BCUT2D eigenvalue weighted by Gasteiger charge is 2.06. The van der Waals surface area contributed by atoms with E-state index in [1.165, 1.54) is 12.1 Å². The molecule has 0 aliphatic rings. The lowest BCUT2D eigenvalue weighted by Crippen LogP contribution is -2.30. The molecule has 0 aromatic heterocycles. The molecule has 0 saturated carbocycles. The van der Waals surface area contributed by atoms with E-state index in [1.54, 1.807) is 13.2 Å². The number of rotatable bonds is 8. The topological polar surface area (TPSA) is 30.5 Å². The molecule has 1 rings (SSSR count). The van der Waals surface area contributed by atoms with Gasteiger partial charge in [0.1, 0.15) is 17.7 Å². The van der Waals surface area contributed by atoms with E-state index in [1.807, 2.05) is 6.92 Å². The van der Waals surface area contributed by atoms with Crippen molar-refractivity contribution in [2.45, 2.75) is 19.4 Å². The van der Waals surface area contributed by atoms with Crippen LogP contribution in [0.4, 0.5) is 4.39 Å². The van der Waals surface area contributed by atoms with Gasteiger partial charge in [-0.05, 0) is 32.0 Å². The Morgan fingerprint density at radius 1 is 1.44 bits per heavy atom. The summed E-state index contributed by atoms with van der Waals surface area (Å²) in [5.41, 5.74) is 0. The molecule has 0 amide bonds. The highest BCUT2D eigenvalue weighted by atomic mass is 35.5. The zero-order chi connectivity index (χ0) is 13.4. The molecule has 0 fully saturated rings. The van der Waals surface area contributed by atoms with E-state index in [-0.39, 0.29) is 11.1 Å². The molecule has 1 unspecified atom stereocenters. The van der Waals surface area contributed by atoms with Crippen LogP contribution in [0.2, 0.25) is 5.02 Å². The Labute approximate surface area is 112 Å². The van der Waals surface area contributed by atoms with Crippen LogP contribution in [0.3, 0.4) is 0 Å². The van der Waals surface area contributed by atoms with Crippen molar-refractivity contribution in [1.29, 1.82) is 0 Å². The third-order valence-electron chi connectivity index (χ3n) is 2.36. The Morgan fingerprint density at radius 3 is 2.89 bits per heavy atom. The van der Waals surface area contributed by atoms with Crippen LogP contribution in [-0.2, 0) is 4.74 Å². The maximum Gasteiger partial charge on any atom is 0.142 e. The van der Waals surface area contributed by atoms with Gasteiger partial charge in [-0.2, -0.15) is 0 Å². The maximum atomic E-state index is 12.9. The zero-order valence-electron chi connectivity index (χ0n) is 10.7. The zero-order valence-corrected chi connectivity index (χ0v) is 11.5. The average Bonchev–Trinajstić information content (AvgIpc) is 2.34. The largest absolute Gasteiger partial charge is 0.489 e. The van der Waals surface area contributed by atoms with E-state index in [2.05, 4.69) is 5.32 Å². The molecule has 0 heterocycles. The highest BCUT2D eigenvalue weighted by Crippen LogP contribution is 2.21. The first-order valence-electron chi connectivity index (χ1n) is 5.95. The quantitative estimate of drug-likeness (QED) is 0.740. The van der Waals surface area contributed by atoms with Crippen LogP contribution < -0.4 is 10.1 Å². The van der Waals surface area contributed by atoms with E-state index in [0.717, 1.165) is 26.1 Å². The second-order valence-corrected chi connectivity index (χ2v) is 4.46. The van der Waals surface area contributed by atoms with Crippen LogP contribution in [0.25, 0.3) is 0 Å². The van der Waals surface area contributed by atoms with Crippen LogP contribution in [0, 0.1) is 5.82 Å². The van der Waals surface area contributed by atoms with Crippen molar-refractivity contribution in [3.05, 3.63) is 29.0 Å². The van der Waals surface area contributed by atoms with Gasteiger partial charge < -0.3 is 14.8 Å². The molecule has 0 aliphatic heterocycles. The van der Waals surface area contributed by atoms with E-state index in [9.17, 15) is 4.39 Å². The summed E-state index contributed by atoms with van der Waals surface area (Å²) in [5.74, 6) is 0.141. The summed E-state index contributed by atoms with van der Waals surface area (Å²) in [7, 11) is 1.68. The predicted octanol–water partition coefficient (Wildman–Crippen LogP) is 2.87. The number of hydrogen-bond donors (Lipinski definition) is 1. The van der Waals surface area contributed by atoms with E-state index >= 15 is 0 Å². The predicted molar refractivity (Wildman–Crippen MR) is 70.9 cm³/mol. The monoisotopic (exact) mass is 275 g/mol. The fourth-order valence-corrected chi connectivity index (χ4v) is 1.64. The fourth-order valence-electron chi connectivity index (χ4n) is 1.47. The van der Waals surface area contributed by atoms with Gasteiger partial charge in [-0.25, -0.2) is 4.39 Å². The van der Waals surface area contributed by atoms with E-state index in [4.69, 9.17) is 21.1 Å². The van der Waals surface area contributed by atoms with Gasteiger partial charge in [0, 0.05) is 26.3 Å². The molecule has 0 radical (unpaired) electrons. The lowest BCUT2D eigenvalue weighted by Gasteiger charge is -2.15. The molecule has 5 heteroatoms. The van der Waals surface area contributed by atoms with Crippen molar-refractivity contribution in [3.8, 4) is 5.75 Å². The molecule has 18 heavy (non-hydrogen) atoms. The second-order valence-electron chi connectivity index (χ2n) is 4.05. The minimum atomic E-state index is -0.436. The van der Waals surface area contributed by atoms with E-state index < -0.39 is 5.82 Å². The van der Waals surface area contributed by atoms with Crippen molar-refractivity contribution in [3.63, 3.8) is 0 Å². The van der Waals surface area contributed by atoms with Crippen LogP contribution in [0.15, 0.2) is 18.2 Å². The van der Waals surface area contributed by atoms with Crippen molar-refractivity contribution in [2.75, 3.05) is 26.8 Å². The van der Waals surface area contributed by atoms with Gasteiger partial charge in [-0.1, -0.05) is 11.6 Å². The molecule has 1 aromatic rings. The van der Waals surface area contributed by atoms with Crippen LogP contribution in [0.1, 0.15) is 13.3 Å². The molecule has 0 spiro atoms. The Hall–Kier alpha value is -0.840. The summed E-state index contributed by atoms with van der Waals surface area (Å²) in [6, 6.07) is 4.36. The van der Waals surface area contributed by atoms with Crippen LogP contribution in [-0.4, -0.2) is 32.9 Å². The Bertz CT molecular complexity index is 363. The molecule has 1 N–H and O–H groups in total. The molecular weight excluding hydrogens is 257 g/mol. The van der Waals surface area contributed by atoms with Crippen molar-refractivity contribution in [1.82, 2.24) is 5.32 Å². The molecule has 1 atom stereocenters.